The third-order valence-electron chi connectivity index (χ3n) is 27.4. The number of phenolic OH excluding ortho intramolecular Hbond substituents is 1. The van der Waals surface area contributed by atoms with Gasteiger partial charge in [-0.05, 0) is 172 Å². The number of primary amides is 4. The number of nitrogens with zero attached hydrogens (tertiary/aromatic N) is 16. The Labute approximate surface area is 808 Å². The van der Waals surface area contributed by atoms with Gasteiger partial charge in [-0.1, -0.05) is 103 Å². The van der Waals surface area contributed by atoms with E-state index in [1.165, 1.54) is 81.0 Å². The fourth-order valence-corrected chi connectivity index (χ4v) is 18.8. The summed E-state index contributed by atoms with van der Waals surface area (Å²) in [5, 5.41) is 75.7. The number of aromatic hydroxyl groups is 1. The second-order valence-corrected chi connectivity index (χ2v) is 36.9. The van der Waals surface area contributed by atoms with Crippen LogP contribution < -0.4 is 44.2 Å². The molecule has 8 unspecified atom stereocenters. The zero-order valence-corrected chi connectivity index (χ0v) is 78.5. The van der Waals surface area contributed by atoms with Crippen LogP contribution in [0.4, 0.5) is 50.4 Å². The average molecular weight is 1920 g/mol. The highest BCUT2D eigenvalue weighted by Crippen LogP contribution is 2.45. The maximum Gasteiger partial charge on any atom is 0.412 e. The monoisotopic (exact) mass is 1920 g/mol. The van der Waals surface area contributed by atoms with Crippen molar-refractivity contribution in [3.63, 3.8) is 0 Å². The van der Waals surface area contributed by atoms with Gasteiger partial charge in [-0.15, -0.1) is 6.42 Å². The summed E-state index contributed by atoms with van der Waals surface area (Å²) in [5.41, 5.74) is 28.0. The number of piperidine rings is 4. The Kier molecular flexibility index (Phi) is 33.4. The summed E-state index contributed by atoms with van der Waals surface area (Å²) >= 11 is 0. The number of likely N-dealkylation sites (tertiary alicyclic amines) is 4. The molecule has 734 valence electrons. The summed E-state index contributed by atoms with van der Waals surface area (Å²) in [7, 11) is 2.32. The van der Waals surface area contributed by atoms with E-state index in [9.17, 15) is 64.5 Å². The normalized spacial score (nSPS) is 22.5. The lowest BCUT2D eigenvalue weighted by Gasteiger charge is -2.43. The molecule has 35 nitrogen and oxygen atoms in total. The first-order valence-electron chi connectivity index (χ1n) is 46.7. The van der Waals surface area contributed by atoms with Gasteiger partial charge in [-0.2, -0.15) is 41.4 Å². The summed E-state index contributed by atoms with van der Waals surface area (Å²) in [6.07, 6.45) is 20.3. The number of alkyl halides is 4. The second-order valence-electron chi connectivity index (χ2n) is 36.9. The fourth-order valence-electron chi connectivity index (χ4n) is 18.8. The molecule has 13 N–H and O–H groups in total. The van der Waals surface area contributed by atoms with Gasteiger partial charge < -0.3 is 48.1 Å². The van der Waals surface area contributed by atoms with Crippen molar-refractivity contribution in [2.75, 3.05) is 87.8 Å². The molecule has 8 amide bonds. The summed E-state index contributed by atoms with van der Waals surface area (Å²) in [6, 6.07) is 37.9. The van der Waals surface area contributed by atoms with Gasteiger partial charge in [0.25, 0.3) is 23.6 Å². The first-order valence-corrected chi connectivity index (χ1v) is 46.7. The molecular weight excluding hydrogens is 1800 g/mol. The predicted octanol–water partition coefficient (Wildman–Crippen LogP) is 13.0. The van der Waals surface area contributed by atoms with E-state index >= 15 is 17.6 Å². The quantitative estimate of drug-likeness (QED) is 0.0155. The number of halogens is 4. The third-order valence-corrected chi connectivity index (χ3v) is 27.4. The third kappa shape index (κ3) is 24.1. The van der Waals surface area contributed by atoms with Crippen LogP contribution in [0.2, 0.25) is 0 Å². The van der Waals surface area contributed by atoms with Crippen LogP contribution in [0, 0.1) is 69.5 Å². The molecule has 2 saturated carbocycles. The van der Waals surface area contributed by atoms with Crippen LogP contribution in [0.25, 0.3) is 16.7 Å². The van der Waals surface area contributed by atoms with Crippen molar-refractivity contribution >= 4 is 87.6 Å². The second kappa shape index (κ2) is 45.6. The first-order chi connectivity index (χ1) is 67.2. The number of terminal acetylenes is 1. The van der Waals surface area contributed by atoms with Crippen molar-refractivity contribution in [3.05, 3.63) is 201 Å². The highest BCUT2D eigenvalue weighted by atomic mass is 19.1. The van der Waals surface area contributed by atoms with E-state index in [0.717, 1.165) is 115 Å². The zero-order valence-electron chi connectivity index (χ0n) is 78.5. The lowest BCUT2D eigenvalue weighted by atomic mass is 9.83. The molecule has 4 aromatic heterocycles. The van der Waals surface area contributed by atoms with E-state index in [2.05, 4.69) is 118 Å². The van der Waals surface area contributed by atoms with Gasteiger partial charge in [-0.25, -0.2) is 27.2 Å². The van der Waals surface area contributed by atoms with E-state index in [1.54, 1.807) is 6.07 Å². The molecule has 0 spiro atoms. The molecule has 4 aliphatic carbocycles. The minimum absolute atomic E-state index is 0.00421. The fraction of sp³-hybridized carbons (Fsp3) is 0.446. The molecule has 4 aromatic carbocycles. The first kappa shape index (κ1) is 103. The number of allylic oxidation sites excluding steroid dienone is 5. The van der Waals surface area contributed by atoms with Crippen LogP contribution in [0.3, 0.4) is 0 Å². The summed E-state index contributed by atoms with van der Waals surface area (Å²) in [4.78, 5) is 103. The topological polar surface area (TPSA) is 507 Å². The number of anilines is 4. The number of nitrogens with two attached hydrogens (primary N) is 4. The van der Waals surface area contributed by atoms with Crippen LogP contribution >= 0.6 is 0 Å². The molecule has 0 radical (unpaired) electrons. The van der Waals surface area contributed by atoms with Crippen molar-refractivity contribution < 1.29 is 70.5 Å². The molecule has 8 heterocycles. The number of rotatable bonds is 29. The molecule has 4 aliphatic heterocycles. The molecule has 140 heavy (non-hydrogen) atoms. The van der Waals surface area contributed by atoms with E-state index in [-0.39, 0.29) is 133 Å². The van der Waals surface area contributed by atoms with Gasteiger partial charge >= 0.3 is 12.2 Å². The number of methoxy groups -OCH3 is 2. The van der Waals surface area contributed by atoms with Crippen LogP contribution in [-0.4, -0.2) is 203 Å². The van der Waals surface area contributed by atoms with Crippen molar-refractivity contribution in [1.29, 1.82) is 21.0 Å². The largest absolute Gasteiger partial charge is 0.507 e. The number of ether oxygens (including phenoxy) is 2. The number of benzene rings is 4. The smallest absolute Gasteiger partial charge is 0.412 e. The standard InChI is InChI=1S/C26H31FN6O4.C26H31FN6O3.C25H29FN6O2.C24H25FN6O2/c1-37-25(36)30-24-20(23(29)35)15-33(31-24)26(9-11-28)10-12-32(16-22(26)27)14-17-7-8-19(21(34)13-17)18-5-3-2-4-6-18;1-36-25(35)30-24-21(23(29)34)16-33(31-24)26(11-13-28)12-14-32(17-22(26)27)15-18-7-9-20(10-8-18)19-5-3-2-4-6-19;1-16(2)18-5-3-17(4-6-18)13-31-12-10-25(9-11-27,21(26)15-31)32-14-20(22(28)33)23(30-32)29-24(34)19-7-8-19;1-2-16-3-5-17(6-4-16)13-30-12-10-24(9-11-26,20(25)15-30)31-14-19(21(27)32)22(29-31)28-23(33)18-7-8-18/h5,7-8,13,15,22,34H,2-4,6,9-10,12,14,16H2,1H3,(H2,29,35)(H,30,31,36);5,7-10,16,22H,2-4,6,11-12,14-15,17H2,1H3,(H2,29,34)(H,30,31,35);3-6,14,19,21H,1,7-10,12-13,15H2,2H3,(H2,28,33)(H,29,30,34);1,3-6,14,18,20H,7-10,12-13,15H2,(H2,27,32)(H,28,29,33). The Balaban J connectivity index is 0.000000157. The van der Waals surface area contributed by atoms with Gasteiger partial charge in [-0.3, -0.25) is 77.7 Å². The number of carbonyl (C=O) groups is 8. The van der Waals surface area contributed by atoms with E-state index in [0.29, 0.717) is 71.6 Å². The number of hydrogen-bond donors (Lipinski definition) is 9. The van der Waals surface area contributed by atoms with Crippen LogP contribution in [0.5, 0.6) is 5.75 Å². The molecule has 8 aromatic rings. The van der Waals surface area contributed by atoms with Gasteiger partial charge in [0.2, 0.25) is 11.8 Å². The molecule has 6 fully saturated rings. The SMILES string of the molecule is C#Cc1ccc(CN2CCC(CC#N)(n3cc(C(N)=O)c(NC(=O)C4CC4)n3)C(F)C2)cc1.C=C(C)c1ccc(CN2CCC(CC#N)(n3cc(C(N)=O)c(NC(=O)C4CC4)n3)C(F)C2)cc1.COC(=O)Nc1nn(C2(CC#N)CCN(Cc3ccc(C4=CCCCC4)c(O)c3)CC2F)cc1C(N)=O.COC(=O)Nc1nn(C2(CC#N)CCN(Cc3ccc(C4=CCCCC4)cc3)CC2F)cc1C(N)=O. The summed E-state index contributed by atoms with van der Waals surface area (Å²) < 4.78 is 77.4. The van der Waals surface area contributed by atoms with Gasteiger partial charge in [0.05, 0.1) is 64.2 Å². The number of carbonyl (C=O) groups excluding carboxylic acids is 8. The van der Waals surface area contributed by atoms with Crippen LogP contribution in [0.1, 0.15) is 221 Å². The van der Waals surface area contributed by atoms with Gasteiger partial charge in [0, 0.05) is 126 Å². The highest BCUT2D eigenvalue weighted by Gasteiger charge is 2.52. The van der Waals surface area contributed by atoms with E-state index in [4.69, 9.17) is 29.4 Å². The number of nitriles is 4. The molecule has 8 atom stereocenters. The Morgan fingerprint density at radius 3 is 1.06 bits per heavy atom. The van der Waals surface area contributed by atoms with Crippen molar-refractivity contribution in [3.8, 4) is 42.4 Å². The number of hydrogen-bond acceptors (Lipinski definition) is 23. The lowest BCUT2D eigenvalue weighted by Crippen LogP contribution is -2.54. The van der Waals surface area contributed by atoms with Gasteiger partial charge in [0.15, 0.2) is 23.3 Å². The Morgan fingerprint density at radius 1 is 0.464 bits per heavy atom. The Bertz CT molecular complexity index is 6210. The number of amides is 8. The predicted molar refractivity (Wildman–Crippen MR) is 513 cm³/mol. The molecule has 16 rings (SSSR count). The van der Waals surface area contributed by atoms with Crippen molar-refractivity contribution in [1.82, 2.24) is 58.7 Å². The molecule has 0 bridgehead atoms. The lowest BCUT2D eigenvalue weighted by molar-refractivity contribution is -0.118. The van der Waals surface area contributed by atoms with E-state index < -0.39 is 82.7 Å². The molecule has 39 heteroatoms. The Morgan fingerprint density at radius 2 is 0.779 bits per heavy atom. The van der Waals surface area contributed by atoms with Gasteiger partial charge in [0.1, 0.15) is 74.8 Å². The number of aromatic nitrogens is 8. The number of nitrogens with one attached hydrogen (secondary N) is 4. The maximum atomic E-state index is 15.8. The average Bonchev–Trinajstić information content (AvgIpc) is 1.59. The number of phenols is 1. The van der Waals surface area contributed by atoms with Crippen LogP contribution in [-0.2, 0) is 67.4 Å². The molecule has 8 aliphatic rings. The molecule has 4 saturated heterocycles. The van der Waals surface area contributed by atoms with Crippen molar-refractivity contribution in [2.24, 2.45) is 34.8 Å². The minimum Gasteiger partial charge on any atom is -0.507 e. The summed E-state index contributed by atoms with van der Waals surface area (Å²) in [5.74, 6) is -1.36. The Hall–Kier alpha value is -14.8. The van der Waals surface area contributed by atoms with Crippen molar-refractivity contribution in [2.45, 2.75) is 208 Å². The molecular formula is C101H116F4N24O11. The van der Waals surface area contributed by atoms with E-state index in [1.807, 2.05) is 93.3 Å². The highest BCUT2D eigenvalue weighted by molar-refractivity contribution is 6.04. The summed E-state index contributed by atoms with van der Waals surface area (Å²) in [6.45, 7) is 10.4. The maximum absolute atomic E-state index is 15.8. The minimum atomic E-state index is -1.51. The van der Waals surface area contributed by atoms with Crippen LogP contribution in [0.15, 0.2) is 135 Å². The zero-order chi connectivity index (χ0) is 100.